The van der Waals surface area contributed by atoms with Gasteiger partial charge in [0.1, 0.15) is 0 Å². The molecule has 0 radical (unpaired) electrons. The molecule has 0 saturated carbocycles. The van der Waals surface area contributed by atoms with Gasteiger partial charge in [-0.2, -0.15) is 4.99 Å². The first kappa shape index (κ1) is 13.8. The monoisotopic (exact) mass is 314 g/mol. The number of rotatable bonds is 2. The minimum atomic E-state index is -0.365. The standard InChI is InChI=1S/C15H10N2O2S2/c18-13(10-5-2-1-3-6-10)16-15-17-14(19)12(21-15)9-11-7-4-8-20-11/h1-9H,(H,16,17,18,19)/b12-9+. The quantitative estimate of drug-likeness (QED) is 0.866. The van der Waals surface area contributed by atoms with Gasteiger partial charge in [-0.3, -0.25) is 9.59 Å². The summed E-state index contributed by atoms with van der Waals surface area (Å²) in [5.41, 5.74) is 0.496. The van der Waals surface area contributed by atoms with Crippen molar-refractivity contribution < 1.29 is 9.59 Å². The molecule has 0 atom stereocenters. The highest BCUT2D eigenvalue weighted by Crippen LogP contribution is 2.27. The third-order valence-corrected chi connectivity index (χ3v) is 4.42. The van der Waals surface area contributed by atoms with Crippen LogP contribution in [0, 0.1) is 0 Å². The van der Waals surface area contributed by atoms with Crippen molar-refractivity contribution in [2.24, 2.45) is 4.99 Å². The molecule has 0 aliphatic carbocycles. The zero-order valence-electron chi connectivity index (χ0n) is 10.8. The minimum absolute atomic E-state index is 0.229. The minimum Gasteiger partial charge on any atom is -0.300 e. The van der Waals surface area contributed by atoms with E-state index in [2.05, 4.69) is 10.3 Å². The second kappa shape index (κ2) is 6.07. The van der Waals surface area contributed by atoms with Gasteiger partial charge < -0.3 is 5.32 Å². The normalized spacial score (nSPS) is 18.2. The lowest BCUT2D eigenvalue weighted by atomic mass is 10.2. The summed E-state index contributed by atoms with van der Waals surface area (Å²) in [6.45, 7) is 0. The van der Waals surface area contributed by atoms with Gasteiger partial charge in [0.2, 0.25) is 0 Å². The van der Waals surface area contributed by atoms with Gasteiger partial charge in [0.25, 0.3) is 11.8 Å². The summed E-state index contributed by atoms with van der Waals surface area (Å²) in [4.78, 5) is 29.3. The van der Waals surface area contributed by atoms with Crippen LogP contribution in [0.15, 0.2) is 57.7 Å². The Morgan fingerprint density at radius 3 is 2.67 bits per heavy atom. The van der Waals surface area contributed by atoms with E-state index in [9.17, 15) is 9.59 Å². The molecular formula is C15H10N2O2S2. The van der Waals surface area contributed by atoms with Crippen LogP contribution in [-0.2, 0) is 4.79 Å². The first-order chi connectivity index (χ1) is 10.2. The maximum absolute atomic E-state index is 12.0. The smallest absolute Gasteiger partial charge is 0.279 e. The molecular weight excluding hydrogens is 304 g/mol. The van der Waals surface area contributed by atoms with Gasteiger partial charge in [-0.1, -0.05) is 24.3 Å². The molecule has 4 nitrogen and oxygen atoms in total. The van der Waals surface area contributed by atoms with Gasteiger partial charge >= 0.3 is 0 Å². The molecule has 0 bridgehead atoms. The molecule has 0 unspecified atom stereocenters. The van der Waals surface area contributed by atoms with Crippen molar-refractivity contribution >= 4 is 46.2 Å². The highest BCUT2D eigenvalue weighted by Gasteiger charge is 2.24. The van der Waals surface area contributed by atoms with E-state index < -0.39 is 0 Å². The van der Waals surface area contributed by atoms with Gasteiger partial charge in [0, 0.05) is 10.4 Å². The van der Waals surface area contributed by atoms with Crippen LogP contribution >= 0.6 is 23.1 Å². The second-order valence-electron chi connectivity index (χ2n) is 4.17. The highest BCUT2D eigenvalue weighted by molar-refractivity contribution is 8.18. The fourth-order valence-corrected chi connectivity index (χ4v) is 3.26. The third-order valence-electron chi connectivity index (χ3n) is 2.69. The van der Waals surface area contributed by atoms with E-state index in [4.69, 9.17) is 0 Å². The Balaban J connectivity index is 1.78. The molecule has 104 valence electrons. The van der Waals surface area contributed by atoms with Crippen LogP contribution in [0.4, 0.5) is 0 Å². The first-order valence-electron chi connectivity index (χ1n) is 6.15. The van der Waals surface area contributed by atoms with Crippen molar-refractivity contribution in [1.29, 1.82) is 0 Å². The van der Waals surface area contributed by atoms with Crippen LogP contribution in [-0.4, -0.2) is 17.0 Å². The van der Waals surface area contributed by atoms with E-state index in [-0.39, 0.29) is 11.8 Å². The average molecular weight is 314 g/mol. The number of nitrogens with one attached hydrogen (secondary N) is 1. The Hall–Kier alpha value is -2.18. The fourth-order valence-electron chi connectivity index (χ4n) is 1.72. The zero-order valence-corrected chi connectivity index (χ0v) is 12.4. The molecule has 2 aromatic rings. The molecule has 2 amide bonds. The molecule has 1 aliphatic heterocycles. The largest absolute Gasteiger partial charge is 0.300 e. The summed E-state index contributed by atoms with van der Waals surface area (Å²) in [6.07, 6.45) is 1.79. The molecule has 1 saturated heterocycles. The van der Waals surface area contributed by atoms with Crippen LogP contribution in [0.3, 0.4) is 0 Å². The zero-order chi connectivity index (χ0) is 14.7. The lowest BCUT2D eigenvalue weighted by Gasteiger charge is -1.95. The van der Waals surface area contributed by atoms with Crippen molar-refractivity contribution in [3.8, 4) is 0 Å². The van der Waals surface area contributed by atoms with Crippen LogP contribution in [0.25, 0.3) is 6.08 Å². The van der Waals surface area contributed by atoms with Crippen molar-refractivity contribution in [2.75, 3.05) is 0 Å². The molecule has 2 heterocycles. The number of thioether (sulfide) groups is 1. The van der Waals surface area contributed by atoms with Crippen molar-refractivity contribution in [1.82, 2.24) is 5.32 Å². The highest BCUT2D eigenvalue weighted by atomic mass is 32.2. The fraction of sp³-hybridized carbons (Fsp3) is 0. The van der Waals surface area contributed by atoms with Gasteiger partial charge in [0.05, 0.1) is 4.91 Å². The number of nitrogens with zero attached hydrogens (tertiary/aromatic N) is 1. The Labute approximate surface area is 129 Å². The van der Waals surface area contributed by atoms with Crippen molar-refractivity contribution in [3.63, 3.8) is 0 Å². The third kappa shape index (κ3) is 3.29. The lowest BCUT2D eigenvalue weighted by molar-refractivity contribution is -0.115. The number of carbonyl (C=O) groups is 2. The van der Waals surface area contributed by atoms with E-state index >= 15 is 0 Å². The molecule has 3 rings (SSSR count). The van der Waals surface area contributed by atoms with E-state index in [0.717, 1.165) is 4.88 Å². The molecule has 1 N–H and O–H groups in total. The summed E-state index contributed by atoms with van der Waals surface area (Å²) in [7, 11) is 0. The van der Waals surface area contributed by atoms with Crippen LogP contribution < -0.4 is 5.32 Å². The van der Waals surface area contributed by atoms with Crippen LogP contribution in [0.2, 0.25) is 0 Å². The van der Waals surface area contributed by atoms with E-state index in [1.54, 1.807) is 41.7 Å². The SMILES string of the molecule is O=C1NC(=NC(=O)c2ccccc2)S/C1=C/c1cccs1. The summed E-state index contributed by atoms with van der Waals surface area (Å²) in [5, 5.41) is 4.87. The maximum atomic E-state index is 12.0. The molecule has 1 aromatic heterocycles. The number of aliphatic imine (C=N–C) groups is 1. The van der Waals surface area contributed by atoms with Gasteiger partial charge in [-0.15, -0.1) is 11.3 Å². The topological polar surface area (TPSA) is 58.5 Å². The summed E-state index contributed by atoms with van der Waals surface area (Å²) >= 11 is 2.72. The van der Waals surface area contributed by atoms with Crippen LogP contribution in [0.5, 0.6) is 0 Å². The maximum Gasteiger partial charge on any atom is 0.279 e. The number of hydrogen-bond acceptors (Lipinski definition) is 4. The number of hydrogen-bond donors (Lipinski definition) is 1. The number of benzene rings is 1. The Kier molecular flexibility index (Phi) is 3.98. The van der Waals surface area contributed by atoms with Crippen molar-refractivity contribution in [3.05, 3.63) is 63.2 Å². The second-order valence-corrected chi connectivity index (χ2v) is 6.18. The summed E-state index contributed by atoms with van der Waals surface area (Å²) < 4.78 is 0. The molecule has 1 aromatic carbocycles. The van der Waals surface area contributed by atoms with E-state index in [1.165, 1.54) is 11.8 Å². The molecule has 1 fully saturated rings. The van der Waals surface area contributed by atoms with Gasteiger partial charge in [0.15, 0.2) is 5.17 Å². The van der Waals surface area contributed by atoms with E-state index in [1.807, 2.05) is 23.6 Å². The first-order valence-corrected chi connectivity index (χ1v) is 7.84. The number of amides is 2. The number of amidine groups is 1. The van der Waals surface area contributed by atoms with Crippen LogP contribution in [0.1, 0.15) is 15.2 Å². The lowest BCUT2D eigenvalue weighted by Crippen LogP contribution is -2.20. The van der Waals surface area contributed by atoms with Gasteiger partial charge in [-0.25, -0.2) is 0 Å². The van der Waals surface area contributed by atoms with Crippen molar-refractivity contribution in [2.45, 2.75) is 0 Å². The van der Waals surface area contributed by atoms with Gasteiger partial charge in [-0.05, 0) is 41.4 Å². The molecule has 0 spiro atoms. The summed E-state index contributed by atoms with van der Waals surface area (Å²) in [5.74, 6) is -0.594. The molecule has 1 aliphatic rings. The summed E-state index contributed by atoms with van der Waals surface area (Å²) in [6, 6.07) is 12.6. The predicted octanol–water partition coefficient (Wildman–Crippen LogP) is 3.15. The van der Waals surface area contributed by atoms with E-state index in [0.29, 0.717) is 15.6 Å². The Bertz CT molecular complexity index is 734. The Morgan fingerprint density at radius 2 is 1.95 bits per heavy atom. The number of thiophene rings is 1. The average Bonchev–Trinajstić information content (AvgIpc) is 3.11. The molecule has 6 heteroatoms. The Morgan fingerprint density at radius 1 is 1.14 bits per heavy atom. The molecule has 21 heavy (non-hydrogen) atoms. The predicted molar refractivity (Wildman–Crippen MR) is 86.2 cm³/mol. The number of carbonyl (C=O) groups excluding carboxylic acids is 2.